The second kappa shape index (κ2) is 3.85. The Hall–Kier alpha value is -0.640. The van der Waals surface area contributed by atoms with Crippen LogP contribution in [-0.4, -0.2) is 16.5 Å². The lowest BCUT2D eigenvalue weighted by molar-refractivity contribution is 0.265. The number of nitrogens with two attached hydrogens (primary N) is 1. The van der Waals surface area contributed by atoms with Crippen molar-refractivity contribution < 1.29 is 0 Å². The van der Waals surface area contributed by atoms with Gasteiger partial charge in [0, 0.05) is 12.7 Å². The predicted octanol–water partition coefficient (Wildman–Crippen LogP) is 2.05. The number of aryl methyl sites for hydroxylation is 1. The SMILES string of the molecule is Cc1cc([C@H]2CCCN2N)cnc1Cl. The lowest BCUT2D eigenvalue weighted by atomic mass is 10.1. The van der Waals surface area contributed by atoms with E-state index in [-0.39, 0.29) is 0 Å². The molecule has 2 heterocycles. The number of hydrogen-bond donors (Lipinski definition) is 1. The van der Waals surface area contributed by atoms with Gasteiger partial charge in [-0.2, -0.15) is 0 Å². The fraction of sp³-hybridized carbons (Fsp3) is 0.500. The number of rotatable bonds is 1. The minimum Gasteiger partial charge on any atom is -0.268 e. The first-order valence-electron chi connectivity index (χ1n) is 4.82. The number of pyridine rings is 1. The van der Waals surface area contributed by atoms with Gasteiger partial charge in [-0.05, 0) is 37.0 Å². The molecule has 1 aromatic heterocycles. The van der Waals surface area contributed by atoms with Gasteiger partial charge in [0.1, 0.15) is 5.15 Å². The van der Waals surface area contributed by atoms with Gasteiger partial charge in [-0.3, -0.25) is 5.84 Å². The molecule has 0 aromatic carbocycles. The number of hydrogen-bond acceptors (Lipinski definition) is 3. The Labute approximate surface area is 88.8 Å². The number of nitrogens with zero attached hydrogens (tertiary/aromatic N) is 2. The molecule has 2 N–H and O–H groups in total. The molecular weight excluding hydrogens is 198 g/mol. The fourth-order valence-electron chi connectivity index (χ4n) is 1.91. The highest BCUT2D eigenvalue weighted by Crippen LogP contribution is 2.29. The Kier molecular flexibility index (Phi) is 2.72. The zero-order valence-electron chi connectivity index (χ0n) is 8.20. The van der Waals surface area contributed by atoms with Crippen molar-refractivity contribution >= 4 is 11.6 Å². The van der Waals surface area contributed by atoms with Crippen LogP contribution in [0.1, 0.15) is 30.0 Å². The smallest absolute Gasteiger partial charge is 0.131 e. The largest absolute Gasteiger partial charge is 0.268 e. The van der Waals surface area contributed by atoms with Crippen molar-refractivity contribution in [2.24, 2.45) is 5.84 Å². The number of halogens is 1. The first-order valence-corrected chi connectivity index (χ1v) is 5.19. The second-order valence-corrected chi connectivity index (χ2v) is 4.13. The molecule has 2 rings (SSSR count). The molecule has 0 aliphatic carbocycles. The van der Waals surface area contributed by atoms with E-state index in [9.17, 15) is 0 Å². The van der Waals surface area contributed by atoms with Gasteiger partial charge in [0.2, 0.25) is 0 Å². The molecule has 1 fully saturated rings. The topological polar surface area (TPSA) is 42.1 Å². The maximum Gasteiger partial charge on any atom is 0.131 e. The van der Waals surface area contributed by atoms with E-state index in [1.165, 1.54) is 5.56 Å². The van der Waals surface area contributed by atoms with Gasteiger partial charge >= 0.3 is 0 Å². The molecule has 1 aliphatic rings. The van der Waals surface area contributed by atoms with Crippen molar-refractivity contribution in [1.29, 1.82) is 0 Å². The lowest BCUT2D eigenvalue weighted by Gasteiger charge is -2.19. The molecule has 1 saturated heterocycles. The number of hydrazine groups is 1. The number of aromatic nitrogens is 1. The Morgan fingerprint density at radius 3 is 3.00 bits per heavy atom. The average Bonchev–Trinajstić information content (AvgIpc) is 2.57. The molecule has 0 amide bonds. The Morgan fingerprint density at radius 1 is 1.64 bits per heavy atom. The van der Waals surface area contributed by atoms with Gasteiger partial charge in [0.15, 0.2) is 0 Å². The Morgan fingerprint density at radius 2 is 2.43 bits per heavy atom. The van der Waals surface area contributed by atoms with Crippen LogP contribution in [0.5, 0.6) is 0 Å². The van der Waals surface area contributed by atoms with Crippen LogP contribution in [0.15, 0.2) is 12.3 Å². The second-order valence-electron chi connectivity index (χ2n) is 3.77. The molecule has 1 aliphatic heterocycles. The van der Waals surface area contributed by atoms with Crippen LogP contribution >= 0.6 is 11.6 Å². The van der Waals surface area contributed by atoms with Gasteiger partial charge in [-0.15, -0.1) is 0 Å². The minimum atomic E-state index is 0.318. The van der Waals surface area contributed by atoms with Crippen LogP contribution in [0, 0.1) is 6.92 Å². The predicted molar refractivity (Wildman–Crippen MR) is 56.9 cm³/mol. The van der Waals surface area contributed by atoms with Crippen molar-refractivity contribution in [2.45, 2.75) is 25.8 Å². The summed E-state index contributed by atoms with van der Waals surface area (Å²) in [6, 6.07) is 2.39. The third-order valence-corrected chi connectivity index (χ3v) is 3.11. The summed E-state index contributed by atoms with van der Waals surface area (Å²) < 4.78 is 0. The van der Waals surface area contributed by atoms with E-state index in [1.807, 2.05) is 18.1 Å². The minimum absolute atomic E-state index is 0.318. The molecule has 3 nitrogen and oxygen atoms in total. The summed E-state index contributed by atoms with van der Waals surface area (Å²) in [4.78, 5) is 4.14. The van der Waals surface area contributed by atoms with Crippen LogP contribution < -0.4 is 5.84 Å². The molecule has 4 heteroatoms. The highest BCUT2D eigenvalue weighted by molar-refractivity contribution is 6.30. The van der Waals surface area contributed by atoms with Crippen LogP contribution in [0.2, 0.25) is 5.15 Å². The summed E-state index contributed by atoms with van der Waals surface area (Å²) in [7, 11) is 0. The molecule has 0 saturated carbocycles. The lowest BCUT2D eigenvalue weighted by Crippen LogP contribution is -2.30. The highest BCUT2D eigenvalue weighted by Gasteiger charge is 2.23. The van der Waals surface area contributed by atoms with E-state index in [0.29, 0.717) is 11.2 Å². The van der Waals surface area contributed by atoms with E-state index in [4.69, 9.17) is 17.4 Å². The molecule has 0 radical (unpaired) electrons. The van der Waals surface area contributed by atoms with Crippen molar-refractivity contribution in [3.8, 4) is 0 Å². The summed E-state index contributed by atoms with van der Waals surface area (Å²) >= 11 is 5.87. The molecule has 1 aromatic rings. The average molecular weight is 212 g/mol. The zero-order chi connectivity index (χ0) is 10.1. The third-order valence-electron chi connectivity index (χ3n) is 2.71. The maximum absolute atomic E-state index is 5.87. The van der Waals surface area contributed by atoms with Gasteiger partial charge in [-0.1, -0.05) is 11.6 Å². The van der Waals surface area contributed by atoms with Crippen LogP contribution in [-0.2, 0) is 0 Å². The molecule has 0 spiro atoms. The summed E-state index contributed by atoms with van der Waals surface area (Å²) in [6.45, 7) is 2.93. The van der Waals surface area contributed by atoms with Crippen molar-refractivity contribution in [2.75, 3.05) is 6.54 Å². The van der Waals surface area contributed by atoms with E-state index in [2.05, 4.69) is 11.1 Å². The van der Waals surface area contributed by atoms with E-state index in [1.54, 1.807) is 0 Å². The molecule has 14 heavy (non-hydrogen) atoms. The summed E-state index contributed by atoms with van der Waals surface area (Å²) in [5, 5.41) is 2.46. The van der Waals surface area contributed by atoms with Crippen molar-refractivity contribution in [3.05, 3.63) is 28.5 Å². The molecular formula is C10H14ClN3. The first kappa shape index (κ1) is 9.90. The molecule has 76 valence electrons. The van der Waals surface area contributed by atoms with E-state index in [0.717, 1.165) is 24.9 Å². The summed E-state index contributed by atoms with van der Waals surface area (Å²) in [5.74, 6) is 5.87. The van der Waals surface area contributed by atoms with Gasteiger partial charge in [0.25, 0.3) is 0 Å². The van der Waals surface area contributed by atoms with Crippen LogP contribution in [0.4, 0.5) is 0 Å². The van der Waals surface area contributed by atoms with Gasteiger partial charge < -0.3 is 0 Å². The van der Waals surface area contributed by atoms with Gasteiger partial charge in [-0.25, -0.2) is 9.99 Å². The summed E-state index contributed by atoms with van der Waals surface area (Å²) in [5.41, 5.74) is 2.19. The van der Waals surface area contributed by atoms with Crippen LogP contribution in [0.3, 0.4) is 0 Å². The van der Waals surface area contributed by atoms with Gasteiger partial charge in [0.05, 0.1) is 6.04 Å². The quantitative estimate of drug-likeness (QED) is 0.571. The Bertz CT molecular complexity index is 340. The standard InChI is InChI=1S/C10H14ClN3/c1-7-5-8(6-13-10(7)11)9-3-2-4-14(9)12/h5-6,9H,2-4,12H2,1H3/t9-/m1/s1. The molecule has 0 bridgehead atoms. The monoisotopic (exact) mass is 211 g/mol. The molecule has 0 unspecified atom stereocenters. The van der Waals surface area contributed by atoms with E-state index >= 15 is 0 Å². The van der Waals surface area contributed by atoms with Crippen molar-refractivity contribution in [3.63, 3.8) is 0 Å². The highest BCUT2D eigenvalue weighted by atomic mass is 35.5. The Balaban J connectivity index is 2.28. The fourth-order valence-corrected chi connectivity index (χ4v) is 2.01. The summed E-state index contributed by atoms with van der Waals surface area (Å²) in [6.07, 6.45) is 4.09. The van der Waals surface area contributed by atoms with E-state index < -0.39 is 0 Å². The molecule has 1 atom stereocenters. The normalized spacial score (nSPS) is 22.9. The van der Waals surface area contributed by atoms with Crippen LogP contribution in [0.25, 0.3) is 0 Å². The zero-order valence-corrected chi connectivity index (χ0v) is 8.96. The third kappa shape index (κ3) is 1.75. The first-order chi connectivity index (χ1) is 6.68. The van der Waals surface area contributed by atoms with Crippen molar-refractivity contribution in [1.82, 2.24) is 9.99 Å². The maximum atomic E-state index is 5.87.